The van der Waals surface area contributed by atoms with Gasteiger partial charge in [0.1, 0.15) is 0 Å². The molecule has 84 valence electrons. The van der Waals surface area contributed by atoms with Crippen molar-refractivity contribution in [3.05, 3.63) is 17.5 Å². The van der Waals surface area contributed by atoms with Crippen LogP contribution in [-0.4, -0.2) is 16.9 Å². The van der Waals surface area contributed by atoms with Crippen molar-refractivity contribution >= 4 is 17.5 Å². The number of alkyl halides is 1. The summed E-state index contributed by atoms with van der Waals surface area (Å²) >= 11 is 5.51. The number of halogens is 1. The van der Waals surface area contributed by atoms with Gasteiger partial charge in [-0.1, -0.05) is 5.16 Å². The SMILES string of the molecule is Cc1cc(CNC(=O)CCCCCl)on1. The second-order valence-electron chi connectivity index (χ2n) is 3.36. The lowest BCUT2D eigenvalue weighted by molar-refractivity contribution is -0.121. The Balaban J connectivity index is 2.16. The Morgan fingerprint density at radius 2 is 2.40 bits per heavy atom. The number of hydrogen-bond donors (Lipinski definition) is 1. The molecule has 0 spiro atoms. The van der Waals surface area contributed by atoms with Gasteiger partial charge in [0.05, 0.1) is 12.2 Å². The number of amides is 1. The topological polar surface area (TPSA) is 55.1 Å². The maximum Gasteiger partial charge on any atom is 0.220 e. The van der Waals surface area contributed by atoms with Crippen LogP contribution >= 0.6 is 11.6 Å². The van der Waals surface area contributed by atoms with E-state index in [2.05, 4.69) is 10.5 Å². The van der Waals surface area contributed by atoms with E-state index in [-0.39, 0.29) is 5.91 Å². The molecule has 1 aromatic rings. The molecule has 0 saturated heterocycles. The van der Waals surface area contributed by atoms with Crippen molar-refractivity contribution in [2.45, 2.75) is 32.7 Å². The van der Waals surface area contributed by atoms with Crippen molar-refractivity contribution < 1.29 is 9.32 Å². The lowest BCUT2D eigenvalue weighted by atomic mass is 10.2. The minimum absolute atomic E-state index is 0.0224. The fourth-order valence-corrected chi connectivity index (χ4v) is 1.34. The minimum Gasteiger partial charge on any atom is -0.359 e. The Morgan fingerprint density at radius 1 is 1.60 bits per heavy atom. The highest BCUT2D eigenvalue weighted by atomic mass is 35.5. The van der Waals surface area contributed by atoms with Gasteiger partial charge in [0.2, 0.25) is 5.91 Å². The first-order chi connectivity index (χ1) is 7.22. The van der Waals surface area contributed by atoms with Crippen LogP contribution in [0.5, 0.6) is 0 Å². The van der Waals surface area contributed by atoms with Gasteiger partial charge in [-0.2, -0.15) is 0 Å². The summed E-state index contributed by atoms with van der Waals surface area (Å²) in [6.45, 7) is 2.25. The molecule has 0 bridgehead atoms. The van der Waals surface area contributed by atoms with Crippen molar-refractivity contribution in [2.24, 2.45) is 0 Å². The smallest absolute Gasteiger partial charge is 0.220 e. The monoisotopic (exact) mass is 230 g/mol. The third-order valence-corrected chi connectivity index (χ3v) is 2.19. The molecule has 0 aliphatic carbocycles. The number of nitrogens with zero attached hydrogens (tertiary/aromatic N) is 1. The molecule has 1 heterocycles. The fraction of sp³-hybridized carbons (Fsp3) is 0.600. The number of hydrogen-bond acceptors (Lipinski definition) is 3. The van der Waals surface area contributed by atoms with Crippen LogP contribution in [0, 0.1) is 6.92 Å². The highest BCUT2D eigenvalue weighted by Crippen LogP contribution is 2.02. The summed E-state index contributed by atoms with van der Waals surface area (Å²) in [6, 6.07) is 1.80. The van der Waals surface area contributed by atoms with Gasteiger partial charge in [-0.15, -0.1) is 11.6 Å². The second kappa shape index (κ2) is 6.45. The van der Waals surface area contributed by atoms with Gasteiger partial charge in [-0.25, -0.2) is 0 Å². The molecule has 0 atom stereocenters. The summed E-state index contributed by atoms with van der Waals surface area (Å²) in [5.74, 6) is 1.31. The minimum atomic E-state index is 0.0224. The van der Waals surface area contributed by atoms with Crippen LogP contribution in [0.4, 0.5) is 0 Å². The van der Waals surface area contributed by atoms with Gasteiger partial charge in [-0.05, 0) is 19.8 Å². The zero-order chi connectivity index (χ0) is 11.1. The van der Waals surface area contributed by atoms with Crippen molar-refractivity contribution in [1.82, 2.24) is 10.5 Å². The van der Waals surface area contributed by atoms with E-state index in [0.717, 1.165) is 18.5 Å². The summed E-state index contributed by atoms with van der Waals surface area (Å²) in [5.41, 5.74) is 0.821. The van der Waals surface area contributed by atoms with E-state index in [0.29, 0.717) is 24.6 Å². The molecular weight excluding hydrogens is 216 g/mol. The number of aromatic nitrogens is 1. The van der Waals surface area contributed by atoms with Crippen molar-refractivity contribution in [2.75, 3.05) is 5.88 Å². The highest BCUT2D eigenvalue weighted by molar-refractivity contribution is 6.17. The number of rotatable bonds is 6. The third kappa shape index (κ3) is 4.83. The molecule has 0 aliphatic rings. The van der Waals surface area contributed by atoms with Crippen LogP contribution in [0.15, 0.2) is 10.6 Å². The first kappa shape index (κ1) is 12.0. The predicted octanol–water partition coefficient (Wildman–Crippen LogP) is 2.01. The third-order valence-electron chi connectivity index (χ3n) is 1.92. The van der Waals surface area contributed by atoms with Crippen molar-refractivity contribution in [3.8, 4) is 0 Å². The maximum atomic E-state index is 11.3. The molecule has 0 saturated carbocycles. The molecule has 15 heavy (non-hydrogen) atoms. The predicted molar refractivity (Wildman–Crippen MR) is 57.7 cm³/mol. The van der Waals surface area contributed by atoms with Crippen molar-refractivity contribution in [1.29, 1.82) is 0 Å². The van der Waals surface area contributed by atoms with Gasteiger partial charge >= 0.3 is 0 Å². The molecule has 0 aromatic carbocycles. The van der Waals surface area contributed by atoms with Gasteiger partial charge < -0.3 is 9.84 Å². The Kier molecular flexibility index (Phi) is 5.18. The Labute approximate surface area is 94.0 Å². The van der Waals surface area contributed by atoms with E-state index < -0.39 is 0 Å². The van der Waals surface area contributed by atoms with Crippen LogP contribution in [0.1, 0.15) is 30.7 Å². The number of nitrogens with one attached hydrogen (secondary N) is 1. The summed E-state index contributed by atoms with van der Waals surface area (Å²) in [4.78, 5) is 11.3. The second-order valence-corrected chi connectivity index (χ2v) is 3.74. The maximum absolute atomic E-state index is 11.3. The Bertz CT molecular complexity index is 312. The lowest BCUT2D eigenvalue weighted by Crippen LogP contribution is -2.22. The summed E-state index contributed by atoms with van der Waals surface area (Å²) in [5, 5.41) is 6.48. The molecule has 5 heteroatoms. The van der Waals surface area contributed by atoms with Crippen LogP contribution in [0.3, 0.4) is 0 Å². The van der Waals surface area contributed by atoms with Gasteiger partial charge in [0.15, 0.2) is 5.76 Å². The van der Waals surface area contributed by atoms with E-state index >= 15 is 0 Å². The zero-order valence-corrected chi connectivity index (χ0v) is 9.51. The van der Waals surface area contributed by atoms with E-state index in [1.807, 2.05) is 6.92 Å². The summed E-state index contributed by atoms with van der Waals surface area (Å²) in [7, 11) is 0. The molecule has 1 amide bonds. The summed E-state index contributed by atoms with van der Waals surface area (Å²) in [6.07, 6.45) is 2.21. The van der Waals surface area contributed by atoms with Gasteiger partial charge in [0.25, 0.3) is 0 Å². The van der Waals surface area contributed by atoms with Crippen LogP contribution in [-0.2, 0) is 11.3 Å². The number of unbranched alkanes of at least 4 members (excludes halogenated alkanes) is 1. The summed E-state index contributed by atoms with van der Waals surface area (Å²) < 4.78 is 4.95. The molecule has 0 unspecified atom stereocenters. The van der Waals surface area contributed by atoms with Crippen LogP contribution in [0.2, 0.25) is 0 Å². The highest BCUT2D eigenvalue weighted by Gasteiger charge is 2.04. The zero-order valence-electron chi connectivity index (χ0n) is 8.75. The van der Waals surface area contributed by atoms with E-state index in [4.69, 9.17) is 16.1 Å². The molecule has 1 N–H and O–H groups in total. The normalized spacial score (nSPS) is 10.3. The molecular formula is C10H15ClN2O2. The molecule has 1 rings (SSSR count). The molecule has 1 aromatic heterocycles. The number of carbonyl (C=O) groups is 1. The van der Waals surface area contributed by atoms with Crippen LogP contribution < -0.4 is 5.32 Å². The van der Waals surface area contributed by atoms with Gasteiger partial charge in [-0.3, -0.25) is 4.79 Å². The van der Waals surface area contributed by atoms with E-state index in [1.54, 1.807) is 6.07 Å². The number of carbonyl (C=O) groups excluding carboxylic acids is 1. The van der Waals surface area contributed by atoms with Gasteiger partial charge in [0, 0.05) is 18.4 Å². The van der Waals surface area contributed by atoms with Crippen molar-refractivity contribution in [3.63, 3.8) is 0 Å². The largest absolute Gasteiger partial charge is 0.359 e. The quantitative estimate of drug-likeness (QED) is 0.601. The fourth-order valence-electron chi connectivity index (χ4n) is 1.15. The standard InChI is InChI=1S/C10H15ClN2O2/c1-8-6-9(15-13-8)7-12-10(14)4-2-3-5-11/h6H,2-5,7H2,1H3,(H,12,14). The Hall–Kier alpha value is -1.03. The first-order valence-electron chi connectivity index (χ1n) is 4.97. The average molecular weight is 231 g/mol. The molecule has 0 aliphatic heterocycles. The molecule has 0 fully saturated rings. The molecule has 0 radical (unpaired) electrons. The van der Waals surface area contributed by atoms with E-state index in [1.165, 1.54) is 0 Å². The Morgan fingerprint density at radius 3 is 3.00 bits per heavy atom. The first-order valence-corrected chi connectivity index (χ1v) is 5.50. The average Bonchev–Trinajstić information content (AvgIpc) is 2.62. The molecule has 4 nitrogen and oxygen atoms in total. The van der Waals surface area contributed by atoms with Crippen LogP contribution in [0.25, 0.3) is 0 Å². The lowest BCUT2D eigenvalue weighted by Gasteiger charge is -2.01. The number of aryl methyl sites for hydroxylation is 1. The van der Waals surface area contributed by atoms with E-state index in [9.17, 15) is 4.79 Å².